The van der Waals surface area contributed by atoms with Crippen LogP contribution in [0.4, 0.5) is 0 Å². The fourth-order valence-corrected chi connectivity index (χ4v) is 1.52. The average molecular weight is 341 g/mol. The largest absolute Gasteiger partial charge is 0.0985 e. The van der Waals surface area contributed by atoms with Gasteiger partial charge in [0.25, 0.3) is 0 Å². The van der Waals surface area contributed by atoms with Gasteiger partial charge in [-0.05, 0) is 30.5 Å². The van der Waals surface area contributed by atoms with E-state index >= 15 is 0 Å². The van der Waals surface area contributed by atoms with Gasteiger partial charge in [-0.15, -0.1) is 0 Å². The molecule has 0 nitrogen and oxygen atoms in total. The van der Waals surface area contributed by atoms with E-state index in [2.05, 4.69) is 77.3 Å². The molecule has 0 saturated carbocycles. The van der Waals surface area contributed by atoms with Gasteiger partial charge in [-0.1, -0.05) is 127 Å². The Bertz CT molecular complexity index is 518. The van der Waals surface area contributed by atoms with E-state index in [0.717, 1.165) is 0 Å². The van der Waals surface area contributed by atoms with Crippen LogP contribution in [0.25, 0.3) is 12.2 Å². The zero-order valence-electron chi connectivity index (χ0n) is 17.9. The Morgan fingerprint density at radius 3 is 1.48 bits per heavy atom. The number of hydrogen-bond acceptors (Lipinski definition) is 0. The van der Waals surface area contributed by atoms with E-state index in [1.165, 1.54) is 28.7 Å². The molecule has 0 fully saturated rings. The molecule has 2 aromatic rings. The predicted octanol–water partition coefficient (Wildman–Crippen LogP) is 8.74. The van der Waals surface area contributed by atoms with E-state index in [4.69, 9.17) is 0 Å². The minimum absolute atomic E-state index is 1.18. The summed E-state index contributed by atoms with van der Waals surface area (Å²) in [7, 11) is 0. The molecule has 0 saturated heterocycles. The zero-order chi connectivity index (χ0) is 20.1. The van der Waals surface area contributed by atoms with Crippen LogP contribution in [-0.4, -0.2) is 0 Å². The average Bonchev–Trinajstić information content (AvgIpc) is 2.67. The topological polar surface area (TPSA) is 0 Å². The van der Waals surface area contributed by atoms with E-state index < -0.39 is 0 Å². The highest BCUT2D eigenvalue weighted by atomic mass is 13.9. The fraction of sp³-hybridized carbons (Fsp3) is 0.360. The summed E-state index contributed by atoms with van der Waals surface area (Å²) in [5, 5.41) is 0. The van der Waals surface area contributed by atoms with Crippen molar-refractivity contribution in [1.29, 1.82) is 0 Å². The lowest BCUT2D eigenvalue weighted by Gasteiger charge is -1.95. The summed E-state index contributed by atoms with van der Waals surface area (Å²) in [4.78, 5) is 0. The SMILES string of the molecule is C=Cc1ccc(C)cc1.C=Cc1ccccc1C.CC.CC.CCC. The molecule has 0 heterocycles. The molecule has 0 spiro atoms. The first-order valence-corrected chi connectivity index (χ1v) is 9.46. The minimum atomic E-state index is 1.18. The smallest absolute Gasteiger partial charge is 0.0233 e. The van der Waals surface area contributed by atoms with E-state index in [1.807, 2.05) is 52.0 Å². The Morgan fingerprint density at radius 1 is 0.720 bits per heavy atom. The maximum absolute atomic E-state index is 3.69. The van der Waals surface area contributed by atoms with Crippen molar-refractivity contribution in [3.05, 3.63) is 83.9 Å². The van der Waals surface area contributed by atoms with Gasteiger partial charge in [0.2, 0.25) is 0 Å². The second kappa shape index (κ2) is 21.9. The monoisotopic (exact) mass is 340 g/mol. The number of aryl methyl sites for hydroxylation is 2. The van der Waals surface area contributed by atoms with Crippen LogP contribution in [0.5, 0.6) is 0 Å². The van der Waals surface area contributed by atoms with Crippen LogP contribution in [-0.2, 0) is 0 Å². The number of benzene rings is 2. The van der Waals surface area contributed by atoms with E-state index in [1.54, 1.807) is 0 Å². The molecule has 0 aliphatic heterocycles. The van der Waals surface area contributed by atoms with Crippen molar-refractivity contribution < 1.29 is 0 Å². The van der Waals surface area contributed by atoms with Gasteiger partial charge < -0.3 is 0 Å². The van der Waals surface area contributed by atoms with Crippen molar-refractivity contribution in [2.75, 3.05) is 0 Å². The molecule has 2 rings (SSSR count). The number of rotatable bonds is 2. The Morgan fingerprint density at radius 2 is 1.16 bits per heavy atom. The van der Waals surface area contributed by atoms with Gasteiger partial charge in [0, 0.05) is 0 Å². The summed E-state index contributed by atoms with van der Waals surface area (Å²) < 4.78 is 0. The van der Waals surface area contributed by atoms with Crippen molar-refractivity contribution in [2.24, 2.45) is 0 Å². The molecule has 0 aliphatic rings. The highest BCUT2D eigenvalue weighted by molar-refractivity contribution is 5.50. The normalized spacial score (nSPS) is 7.68. The van der Waals surface area contributed by atoms with Crippen molar-refractivity contribution in [2.45, 2.75) is 61.8 Å². The summed E-state index contributed by atoms with van der Waals surface area (Å²) in [6.45, 7) is 23.8. The van der Waals surface area contributed by atoms with Gasteiger partial charge in [0.15, 0.2) is 0 Å². The van der Waals surface area contributed by atoms with Gasteiger partial charge in [-0.25, -0.2) is 0 Å². The van der Waals surface area contributed by atoms with Crippen LogP contribution in [0.2, 0.25) is 0 Å². The minimum Gasteiger partial charge on any atom is -0.0985 e. The summed E-state index contributed by atoms with van der Waals surface area (Å²) in [6.07, 6.45) is 4.97. The summed E-state index contributed by atoms with van der Waals surface area (Å²) in [5.41, 5.74) is 4.98. The molecule has 0 aliphatic carbocycles. The number of hydrogen-bond donors (Lipinski definition) is 0. The molecule has 0 heteroatoms. The van der Waals surface area contributed by atoms with Crippen molar-refractivity contribution >= 4 is 12.2 Å². The van der Waals surface area contributed by atoms with Crippen LogP contribution in [0, 0.1) is 13.8 Å². The van der Waals surface area contributed by atoms with Gasteiger partial charge >= 0.3 is 0 Å². The predicted molar refractivity (Wildman–Crippen MR) is 121 cm³/mol. The summed E-state index contributed by atoms with van der Waals surface area (Å²) in [6, 6.07) is 16.5. The highest BCUT2D eigenvalue weighted by Gasteiger charge is 1.86. The molecule has 140 valence electrons. The first-order chi connectivity index (χ1) is 12.1. The summed E-state index contributed by atoms with van der Waals surface area (Å²) >= 11 is 0. The quantitative estimate of drug-likeness (QED) is 0.512. The first kappa shape index (κ1) is 27.8. The molecule has 25 heavy (non-hydrogen) atoms. The fourth-order valence-electron chi connectivity index (χ4n) is 1.52. The van der Waals surface area contributed by atoms with Crippen LogP contribution in [0.1, 0.15) is 70.2 Å². The standard InChI is InChI=1S/2C9H10.C3H8.2C2H6/c1-3-9-6-4-8(2)5-7-9;1-3-9-7-5-4-6-8(9)2;1-3-2;2*1-2/h2*3-7H,1H2,2H3;3H2,1-2H3;2*1-2H3. The summed E-state index contributed by atoms with van der Waals surface area (Å²) in [5.74, 6) is 0. The third-order valence-corrected chi connectivity index (χ3v) is 2.72. The lowest BCUT2D eigenvalue weighted by Crippen LogP contribution is -1.75. The molecule has 0 atom stereocenters. The zero-order valence-corrected chi connectivity index (χ0v) is 17.9. The van der Waals surface area contributed by atoms with E-state index in [0.29, 0.717) is 0 Å². The molecular weight excluding hydrogens is 300 g/mol. The molecule has 0 radical (unpaired) electrons. The van der Waals surface area contributed by atoms with Crippen molar-refractivity contribution in [1.82, 2.24) is 0 Å². The second-order valence-electron chi connectivity index (χ2n) is 4.88. The molecule has 0 N–H and O–H groups in total. The maximum atomic E-state index is 3.69. The van der Waals surface area contributed by atoms with Gasteiger partial charge in [0.05, 0.1) is 0 Å². The molecule has 0 unspecified atom stereocenters. The third kappa shape index (κ3) is 16.6. The Balaban J connectivity index is -0.000000287. The lowest BCUT2D eigenvalue weighted by molar-refractivity contribution is 1.09. The Kier molecular flexibility index (Phi) is 24.3. The Hall–Kier alpha value is -2.08. The van der Waals surface area contributed by atoms with Gasteiger partial charge in [-0.3, -0.25) is 0 Å². The molecular formula is C25H40. The molecule has 0 amide bonds. The molecule has 0 bridgehead atoms. The van der Waals surface area contributed by atoms with Crippen LogP contribution < -0.4 is 0 Å². The van der Waals surface area contributed by atoms with E-state index in [9.17, 15) is 0 Å². The third-order valence-electron chi connectivity index (χ3n) is 2.72. The van der Waals surface area contributed by atoms with Crippen LogP contribution in [0.3, 0.4) is 0 Å². The molecule has 0 aromatic heterocycles. The maximum Gasteiger partial charge on any atom is -0.0233 e. The van der Waals surface area contributed by atoms with Crippen LogP contribution in [0.15, 0.2) is 61.7 Å². The van der Waals surface area contributed by atoms with Gasteiger partial charge in [0.1, 0.15) is 0 Å². The first-order valence-electron chi connectivity index (χ1n) is 9.46. The highest BCUT2D eigenvalue weighted by Crippen LogP contribution is 2.06. The lowest BCUT2D eigenvalue weighted by atomic mass is 10.1. The second-order valence-corrected chi connectivity index (χ2v) is 4.88. The van der Waals surface area contributed by atoms with Crippen molar-refractivity contribution in [3.8, 4) is 0 Å². The van der Waals surface area contributed by atoms with E-state index in [-0.39, 0.29) is 0 Å². The Labute approximate surface area is 158 Å². The van der Waals surface area contributed by atoms with Crippen LogP contribution >= 0.6 is 0 Å². The van der Waals surface area contributed by atoms with Crippen molar-refractivity contribution in [3.63, 3.8) is 0 Å². The molecule has 2 aromatic carbocycles. The van der Waals surface area contributed by atoms with Gasteiger partial charge in [-0.2, -0.15) is 0 Å².